The Morgan fingerprint density at radius 3 is 2.56 bits per heavy atom. The zero-order chi connectivity index (χ0) is 24.8. The molecule has 10 nitrogen and oxygen atoms in total. The van der Waals surface area contributed by atoms with Crippen molar-refractivity contribution in [1.29, 1.82) is 0 Å². The topological polar surface area (TPSA) is 121 Å². The molecule has 1 atom stereocenters. The molecule has 2 aromatic carbocycles. The number of rotatable bonds is 10. The van der Waals surface area contributed by atoms with E-state index in [-0.39, 0.29) is 29.5 Å². The number of nitro groups is 1. The molecule has 1 unspecified atom stereocenters. The Morgan fingerprint density at radius 1 is 1.18 bits per heavy atom. The summed E-state index contributed by atoms with van der Waals surface area (Å²) in [5.41, 5.74) is 1.12. The fraction of sp³-hybridized carbons (Fsp3) is 0.348. The van der Waals surface area contributed by atoms with Crippen molar-refractivity contribution in [1.82, 2.24) is 14.8 Å². The van der Waals surface area contributed by atoms with E-state index >= 15 is 0 Å². The molecule has 0 aliphatic rings. The smallest absolute Gasteiger partial charge is 0.269 e. The molecule has 0 spiro atoms. The largest absolute Gasteiger partial charge is 0.497 e. The van der Waals surface area contributed by atoms with Gasteiger partial charge in [-0.1, -0.05) is 17.8 Å². The van der Waals surface area contributed by atoms with Crippen LogP contribution in [-0.4, -0.2) is 38.5 Å². The molecule has 180 valence electrons. The molecule has 11 heteroatoms. The van der Waals surface area contributed by atoms with Crippen molar-refractivity contribution in [3.8, 4) is 11.5 Å². The molecule has 0 bridgehead atoms. The number of thioether (sulfide) groups is 1. The third-order valence-corrected chi connectivity index (χ3v) is 5.90. The van der Waals surface area contributed by atoms with Gasteiger partial charge in [0.15, 0.2) is 17.1 Å². The first-order valence-corrected chi connectivity index (χ1v) is 11.6. The highest BCUT2D eigenvalue weighted by molar-refractivity contribution is 7.99. The van der Waals surface area contributed by atoms with E-state index in [0.717, 1.165) is 0 Å². The van der Waals surface area contributed by atoms with Gasteiger partial charge in [0.2, 0.25) is 5.91 Å². The summed E-state index contributed by atoms with van der Waals surface area (Å²) in [6.07, 6.45) is -0.382. The van der Waals surface area contributed by atoms with Crippen molar-refractivity contribution in [3.05, 3.63) is 64.0 Å². The van der Waals surface area contributed by atoms with Crippen molar-refractivity contribution in [2.75, 3.05) is 18.2 Å². The molecule has 34 heavy (non-hydrogen) atoms. The van der Waals surface area contributed by atoms with Crippen LogP contribution in [0, 0.1) is 17.0 Å². The van der Waals surface area contributed by atoms with Gasteiger partial charge in [-0.15, -0.1) is 10.2 Å². The van der Waals surface area contributed by atoms with Crippen LogP contribution in [0.5, 0.6) is 11.5 Å². The first kappa shape index (κ1) is 25.0. The molecule has 0 aliphatic heterocycles. The Labute approximate surface area is 201 Å². The summed E-state index contributed by atoms with van der Waals surface area (Å²) >= 11 is 1.26. The molecule has 3 rings (SSSR count). The van der Waals surface area contributed by atoms with Gasteiger partial charge in [0.05, 0.1) is 17.8 Å². The minimum atomic E-state index is -0.468. The summed E-state index contributed by atoms with van der Waals surface area (Å²) < 4.78 is 13.2. The molecule has 1 N–H and O–H groups in total. The van der Waals surface area contributed by atoms with Crippen LogP contribution in [0.4, 0.5) is 11.4 Å². The quantitative estimate of drug-likeness (QED) is 0.243. The number of carbonyl (C=O) groups excluding carboxylic acids is 1. The van der Waals surface area contributed by atoms with Gasteiger partial charge in [-0.25, -0.2) is 0 Å². The number of amides is 1. The summed E-state index contributed by atoms with van der Waals surface area (Å²) in [4.78, 5) is 23.0. The number of anilines is 1. The number of aromatic nitrogens is 3. The Morgan fingerprint density at radius 2 is 1.91 bits per heavy atom. The average Bonchev–Trinajstić information content (AvgIpc) is 3.23. The minimum absolute atomic E-state index is 0.0206. The van der Waals surface area contributed by atoms with Crippen molar-refractivity contribution >= 4 is 29.0 Å². The monoisotopic (exact) mass is 485 g/mol. The third kappa shape index (κ3) is 6.04. The highest BCUT2D eigenvalue weighted by Gasteiger charge is 2.22. The van der Waals surface area contributed by atoms with Crippen molar-refractivity contribution in [2.45, 2.75) is 45.0 Å². The second-order valence-corrected chi connectivity index (χ2v) is 8.78. The highest BCUT2D eigenvalue weighted by Crippen LogP contribution is 2.29. The lowest BCUT2D eigenvalue weighted by molar-refractivity contribution is -0.384. The molecule has 0 aliphatic carbocycles. The molecule has 0 saturated carbocycles. The second-order valence-electron chi connectivity index (χ2n) is 7.84. The van der Waals surface area contributed by atoms with Gasteiger partial charge in [0.1, 0.15) is 11.5 Å². The second kappa shape index (κ2) is 11.0. The van der Waals surface area contributed by atoms with E-state index in [9.17, 15) is 14.9 Å². The van der Waals surface area contributed by atoms with Gasteiger partial charge in [-0.3, -0.25) is 14.9 Å². The Kier molecular flexibility index (Phi) is 8.11. The van der Waals surface area contributed by atoms with E-state index in [2.05, 4.69) is 15.5 Å². The Bertz CT molecular complexity index is 1180. The molecule has 3 aromatic rings. The van der Waals surface area contributed by atoms with Crippen molar-refractivity contribution in [2.24, 2.45) is 0 Å². The maximum Gasteiger partial charge on any atom is 0.269 e. The highest BCUT2D eigenvalue weighted by atomic mass is 32.2. The number of hydrogen-bond acceptors (Lipinski definition) is 8. The van der Waals surface area contributed by atoms with Crippen LogP contribution >= 0.6 is 11.8 Å². The molecule has 1 heterocycles. The minimum Gasteiger partial charge on any atom is -0.497 e. The van der Waals surface area contributed by atoms with Crippen LogP contribution in [0.15, 0.2) is 47.6 Å². The number of carbonyl (C=O) groups is 1. The van der Waals surface area contributed by atoms with Crippen LogP contribution in [0.1, 0.15) is 44.3 Å². The molecular weight excluding hydrogens is 458 g/mol. The standard InChI is InChI=1S/C23H27N5O5S/c1-14(2)27-22(16(4)33-19-8-6-7-18(12-19)32-5)25-26-23(27)34-13-21(29)24-20-10-9-17(28(30)31)11-15(20)3/h6-12,14,16H,13H2,1-5H3,(H,24,29). The predicted molar refractivity (Wildman–Crippen MR) is 130 cm³/mol. The summed E-state index contributed by atoms with van der Waals surface area (Å²) in [5, 5.41) is 22.9. The number of methoxy groups -OCH3 is 1. The van der Waals surface area contributed by atoms with Crippen molar-refractivity contribution in [3.63, 3.8) is 0 Å². The van der Waals surface area contributed by atoms with Crippen LogP contribution in [0.2, 0.25) is 0 Å². The van der Waals surface area contributed by atoms with Crippen LogP contribution < -0.4 is 14.8 Å². The Hall–Kier alpha value is -3.60. The molecule has 0 saturated heterocycles. The number of benzene rings is 2. The van der Waals surface area contributed by atoms with Gasteiger partial charge >= 0.3 is 0 Å². The maximum atomic E-state index is 12.5. The fourth-order valence-electron chi connectivity index (χ4n) is 3.30. The number of non-ortho nitro benzene ring substituents is 1. The number of aryl methyl sites for hydroxylation is 1. The van der Waals surface area contributed by atoms with Gasteiger partial charge in [0.25, 0.3) is 5.69 Å². The first-order chi connectivity index (χ1) is 16.2. The van der Waals surface area contributed by atoms with Crippen LogP contribution in [-0.2, 0) is 4.79 Å². The molecular formula is C23H27N5O5S. The van der Waals surface area contributed by atoms with E-state index in [1.807, 2.05) is 43.5 Å². The predicted octanol–water partition coefficient (Wildman–Crippen LogP) is 4.96. The lowest BCUT2D eigenvalue weighted by Crippen LogP contribution is -2.17. The van der Waals surface area contributed by atoms with Gasteiger partial charge < -0.3 is 19.4 Å². The number of nitrogens with zero attached hydrogens (tertiary/aromatic N) is 4. The third-order valence-electron chi connectivity index (χ3n) is 4.95. The van der Waals surface area contributed by atoms with Gasteiger partial charge in [-0.2, -0.15) is 0 Å². The maximum absolute atomic E-state index is 12.5. The SMILES string of the molecule is COc1cccc(OC(C)c2nnc(SCC(=O)Nc3ccc([N+](=O)[O-])cc3C)n2C(C)C)c1. The van der Waals surface area contributed by atoms with E-state index in [1.165, 1.54) is 30.0 Å². The lowest BCUT2D eigenvalue weighted by Gasteiger charge is -2.19. The zero-order valence-corrected chi connectivity index (χ0v) is 20.5. The van der Waals surface area contributed by atoms with Crippen LogP contribution in [0.3, 0.4) is 0 Å². The summed E-state index contributed by atoms with van der Waals surface area (Å²) in [6, 6.07) is 11.7. The van der Waals surface area contributed by atoms with E-state index in [0.29, 0.717) is 33.7 Å². The number of nitrogens with one attached hydrogen (secondary N) is 1. The van der Waals surface area contributed by atoms with E-state index in [1.54, 1.807) is 20.1 Å². The molecule has 0 fully saturated rings. The zero-order valence-electron chi connectivity index (χ0n) is 19.6. The molecule has 0 radical (unpaired) electrons. The number of ether oxygens (including phenoxy) is 2. The van der Waals surface area contributed by atoms with Crippen molar-refractivity contribution < 1.29 is 19.2 Å². The normalized spacial score (nSPS) is 11.8. The lowest BCUT2D eigenvalue weighted by atomic mass is 10.2. The van der Waals surface area contributed by atoms with Gasteiger partial charge in [0, 0.05) is 29.9 Å². The number of nitro benzene ring substituents is 1. The fourth-order valence-corrected chi connectivity index (χ4v) is 4.17. The van der Waals surface area contributed by atoms with Gasteiger partial charge in [-0.05, 0) is 51.5 Å². The van der Waals surface area contributed by atoms with E-state index < -0.39 is 4.92 Å². The number of hydrogen-bond donors (Lipinski definition) is 1. The summed E-state index contributed by atoms with van der Waals surface area (Å²) in [5.74, 6) is 1.85. The summed E-state index contributed by atoms with van der Waals surface area (Å²) in [7, 11) is 1.60. The molecule has 1 amide bonds. The van der Waals surface area contributed by atoms with E-state index in [4.69, 9.17) is 9.47 Å². The van der Waals surface area contributed by atoms with Crippen LogP contribution in [0.25, 0.3) is 0 Å². The summed E-state index contributed by atoms with van der Waals surface area (Å²) in [6.45, 7) is 7.62. The first-order valence-electron chi connectivity index (χ1n) is 10.6. The Balaban J connectivity index is 1.68. The molecule has 1 aromatic heterocycles. The average molecular weight is 486 g/mol.